The van der Waals surface area contributed by atoms with Crippen molar-refractivity contribution in [2.24, 2.45) is 5.92 Å². The van der Waals surface area contributed by atoms with E-state index < -0.39 is 18.1 Å². The predicted molar refractivity (Wildman–Crippen MR) is 55.1 cm³/mol. The summed E-state index contributed by atoms with van der Waals surface area (Å²) in [5.74, 6) is -1.45. The van der Waals surface area contributed by atoms with Crippen molar-refractivity contribution in [1.82, 2.24) is 0 Å². The maximum Gasteiger partial charge on any atom is 0.503 e. The number of carbonyl (C=O) groups is 2. The Morgan fingerprint density at radius 3 is 1.47 bits per heavy atom. The smallest absolute Gasteiger partial charge is 0.450 e. The van der Waals surface area contributed by atoms with E-state index in [0.717, 1.165) is 6.42 Å². The molecule has 0 saturated carbocycles. The van der Waals surface area contributed by atoms with Gasteiger partial charge in [-0.1, -0.05) is 13.8 Å². The normalized spacial score (nSPS) is 13.9. The molecule has 9 nitrogen and oxygen atoms in total. The fourth-order valence-electron chi connectivity index (χ4n) is 0.469. The summed E-state index contributed by atoms with van der Waals surface area (Å²) in [4.78, 5) is 21.0. The minimum atomic E-state index is -1.83. The molecular formula is C8H18O9. The standard InChI is InChI=1S/C6H14O3.2CH2O3/c1-4-5(2)6(3,7)9-8;2*2-1(3)4/h5,7-8H,4H2,1-3H3;2*(H2,2,3,4). The second-order valence-corrected chi connectivity index (χ2v) is 3.02. The van der Waals surface area contributed by atoms with Gasteiger partial charge in [0.2, 0.25) is 0 Å². The highest BCUT2D eigenvalue weighted by atomic mass is 17.1. The van der Waals surface area contributed by atoms with Gasteiger partial charge < -0.3 is 25.5 Å². The van der Waals surface area contributed by atoms with Crippen molar-refractivity contribution in [2.45, 2.75) is 33.0 Å². The zero-order chi connectivity index (χ0) is 14.6. The highest BCUT2D eigenvalue weighted by Crippen LogP contribution is 2.19. The number of rotatable bonds is 3. The molecule has 0 aromatic heterocycles. The number of hydrogen-bond donors (Lipinski definition) is 6. The van der Waals surface area contributed by atoms with Gasteiger partial charge in [0.25, 0.3) is 0 Å². The predicted octanol–water partition coefficient (Wildman–Crippen LogP) is 1.68. The van der Waals surface area contributed by atoms with Gasteiger partial charge in [-0.2, -0.15) is 0 Å². The fourth-order valence-corrected chi connectivity index (χ4v) is 0.469. The van der Waals surface area contributed by atoms with E-state index in [1.807, 2.05) is 6.92 Å². The molecule has 0 aliphatic carbocycles. The lowest BCUT2D eigenvalue weighted by atomic mass is 10.0. The van der Waals surface area contributed by atoms with E-state index in [2.05, 4.69) is 4.89 Å². The summed E-state index contributed by atoms with van der Waals surface area (Å²) in [5.41, 5.74) is 0. The molecule has 0 bridgehead atoms. The highest BCUT2D eigenvalue weighted by molar-refractivity contribution is 5.53. The minimum Gasteiger partial charge on any atom is -0.450 e. The van der Waals surface area contributed by atoms with E-state index >= 15 is 0 Å². The second-order valence-electron chi connectivity index (χ2n) is 3.02. The number of carboxylic acid groups (broad SMARTS) is 4. The molecule has 0 fully saturated rings. The highest BCUT2D eigenvalue weighted by Gasteiger charge is 2.27. The van der Waals surface area contributed by atoms with Gasteiger partial charge in [-0.05, 0) is 13.3 Å². The van der Waals surface area contributed by atoms with Crippen LogP contribution < -0.4 is 0 Å². The summed E-state index contributed by atoms with van der Waals surface area (Å²) in [7, 11) is 0. The molecule has 0 heterocycles. The molecule has 0 rings (SSSR count). The van der Waals surface area contributed by atoms with Crippen molar-refractivity contribution in [1.29, 1.82) is 0 Å². The molecule has 0 aromatic rings. The first kappa shape index (κ1) is 20.8. The van der Waals surface area contributed by atoms with Gasteiger partial charge in [0, 0.05) is 5.92 Å². The van der Waals surface area contributed by atoms with Crippen LogP contribution in [0.5, 0.6) is 0 Å². The van der Waals surface area contributed by atoms with Crippen molar-refractivity contribution in [3.63, 3.8) is 0 Å². The maximum atomic E-state index is 9.12. The van der Waals surface area contributed by atoms with Crippen LogP contribution in [0.4, 0.5) is 9.59 Å². The van der Waals surface area contributed by atoms with Crippen LogP contribution in [0.25, 0.3) is 0 Å². The number of aliphatic hydroxyl groups is 1. The van der Waals surface area contributed by atoms with Crippen molar-refractivity contribution in [3.05, 3.63) is 0 Å². The molecule has 2 atom stereocenters. The molecule has 17 heavy (non-hydrogen) atoms. The summed E-state index contributed by atoms with van der Waals surface area (Å²) in [6.07, 6.45) is -2.90. The van der Waals surface area contributed by atoms with Gasteiger partial charge in [-0.3, -0.25) is 0 Å². The minimum absolute atomic E-state index is 0.0532. The first-order chi connectivity index (χ1) is 7.51. The molecule has 0 aliphatic rings. The molecule has 2 unspecified atom stereocenters. The Hall–Kier alpha value is -1.58. The third-order valence-corrected chi connectivity index (χ3v) is 1.71. The molecule has 0 aromatic carbocycles. The van der Waals surface area contributed by atoms with Crippen LogP contribution in [0, 0.1) is 5.92 Å². The van der Waals surface area contributed by atoms with Crippen LogP contribution in [0.1, 0.15) is 27.2 Å². The summed E-state index contributed by atoms with van der Waals surface area (Å²) < 4.78 is 0. The van der Waals surface area contributed by atoms with E-state index in [-0.39, 0.29) is 5.92 Å². The molecule has 0 saturated heterocycles. The molecule has 0 aliphatic heterocycles. The van der Waals surface area contributed by atoms with Gasteiger partial charge in [0.05, 0.1) is 0 Å². The molecule has 104 valence electrons. The molecule has 0 spiro atoms. The Balaban J connectivity index is -0.000000205. The molecular weight excluding hydrogens is 240 g/mol. The van der Waals surface area contributed by atoms with Crippen LogP contribution >= 0.6 is 0 Å². The molecule has 9 heteroatoms. The zero-order valence-corrected chi connectivity index (χ0v) is 9.69. The lowest BCUT2D eigenvalue weighted by Crippen LogP contribution is -2.34. The van der Waals surface area contributed by atoms with Gasteiger partial charge in [-0.25, -0.2) is 19.7 Å². The third kappa shape index (κ3) is 25.1. The first-order valence-electron chi connectivity index (χ1n) is 4.39. The zero-order valence-electron chi connectivity index (χ0n) is 9.69. The van der Waals surface area contributed by atoms with Crippen molar-refractivity contribution < 1.29 is 45.3 Å². The van der Waals surface area contributed by atoms with E-state index in [1.54, 1.807) is 6.92 Å². The third-order valence-electron chi connectivity index (χ3n) is 1.71. The lowest BCUT2D eigenvalue weighted by Gasteiger charge is -2.24. The van der Waals surface area contributed by atoms with Crippen molar-refractivity contribution in [3.8, 4) is 0 Å². The summed E-state index contributed by atoms with van der Waals surface area (Å²) in [6.45, 7) is 5.15. The van der Waals surface area contributed by atoms with Gasteiger partial charge >= 0.3 is 12.3 Å². The Morgan fingerprint density at radius 2 is 1.41 bits per heavy atom. The summed E-state index contributed by atoms with van der Waals surface area (Å²) >= 11 is 0. The van der Waals surface area contributed by atoms with Gasteiger partial charge in [0.1, 0.15) is 0 Å². The van der Waals surface area contributed by atoms with Crippen LogP contribution in [0.3, 0.4) is 0 Å². The topological polar surface area (TPSA) is 165 Å². The van der Waals surface area contributed by atoms with Crippen LogP contribution in [-0.2, 0) is 4.89 Å². The quantitative estimate of drug-likeness (QED) is 0.251. The maximum absolute atomic E-state index is 9.12. The molecule has 0 radical (unpaired) electrons. The fraction of sp³-hybridized carbons (Fsp3) is 0.750. The first-order valence-corrected chi connectivity index (χ1v) is 4.39. The van der Waals surface area contributed by atoms with E-state index in [9.17, 15) is 0 Å². The molecule has 0 amide bonds. The van der Waals surface area contributed by atoms with Gasteiger partial charge in [0.15, 0.2) is 5.79 Å². The monoisotopic (exact) mass is 258 g/mol. The van der Waals surface area contributed by atoms with E-state index in [0.29, 0.717) is 0 Å². The Morgan fingerprint density at radius 1 is 1.18 bits per heavy atom. The average Bonchev–Trinajstić information content (AvgIpc) is 2.14. The van der Waals surface area contributed by atoms with Crippen molar-refractivity contribution in [2.75, 3.05) is 0 Å². The SMILES string of the molecule is CCC(C)C(C)(O)OO.O=C(O)O.O=C(O)O. The van der Waals surface area contributed by atoms with Crippen LogP contribution in [-0.4, -0.2) is 48.9 Å². The lowest BCUT2D eigenvalue weighted by molar-refractivity contribution is -0.400. The second kappa shape index (κ2) is 10.9. The Labute approximate surface area is 97.4 Å². The Bertz CT molecular complexity index is 193. The van der Waals surface area contributed by atoms with E-state index in [1.165, 1.54) is 6.92 Å². The van der Waals surface area contributed by atoms with Crippen LogP contribution in [0.2, 0.25) is 0 Å². The largest absolute Gasteiger partial charge is 0.503 e. The van der Waals surface area contributed by atoms with Crippen LogP contribution in [0.15, 0.2) is 0 Å². The van der Waals surface area contributed by atoms with Gasteiger partial charge in [-0.15, -0.1) is 0 Å². The van der Waals surface area contributed by atoms with Crippen molar-refractivity contribution >= 4 is 12.3 Å². The number of hydrogen-bond acceptors (Lipinski definition) is 5. The summed E-state index contributed by atoms with van der Waals surface area (Å²) in [6, 6.07) is 0. The molecule has 6 N–H and O–H groups in total. The average molecular weight is 258 g/mol. The summed E-state index contributed by atoms with van der Waals surface area (Å²) in [5, 5.41) is 45.2. The van der Waals surface area contributed by atoms with E-state index in [4.69, 9.17) is 40.4 Å². The Kier molecular flexibility index (Phi) is 13.4.